The van der Waals surface area contributed by atoms with Crippen LogP contribution in [-0.2, 0) is 17.1 Å². The van der Waals surface area contributed by atoms with E-state index >= 15 is 0 Å². The number of hydrazine groups is 1. The third-order valence-electron chi connectivity index (χ3n) is 4.03. The van der Waals surface area contributed by atoms with E-state index in [4.69, 9.17) is 11.5 Å². The summed E-state index contributed by atoms with van der Waals surface area (Å²) < 4.78 is 78.3. The van der Waals surface area contributed by atoms with Crippen molar-refractivity contribution in [3.63, 3.8) is 0 Å². The average molecular weight is 445 g/mol. The molecule has 0 spiro atoms. The van der Waals surface area contributed by atoms with Crippen LogP contribution in [0, 0.1) is 0 Å². The number of aliphatic imine (C=N–C) groups is 1. The van der Waals surface area contributed by atoms with Crippen molar-refractivity contribution in [2.45, 2.75) is 12.4 Å². The van der Waals surface area contributed by atoms with E-state index in [1.165, 1.54) is 18.6 Å². The molecular weight excluding hydrogens is 432 g/mol. The van der Waals surface area contributed by atoms with Gasteiger partial charge in [-0.25, -0.2) is 15.0 Å². The summed E-state index contributed by atoms with van der Waals surface area (Å²) in [5, 5.41) is 1.15. The molecule has 0 saturated heterocycles. The van der Waals surface area contributed by atoms with Gasteiger partial charge in [-0.3, -0.25) is 15.2 Å². The van der Waals surface area contributed by atoms with Crippen LogP contribution in [0.5, 0.6) is 0 Å². The van der Waals surface area contributed by atoms with Gasteiger partial charge in [0.1, 0.15) is 12.5 Å². The number of nitrogens with zero attached hydrogens (tertiary/aromatic N) is 4. The fourth-order valence-corrected chi connectivity index (χ4v) is 2.59. The number of carbonyl (C=O) groups excluding carboxylic acids is 1. The van der Waals surface area contributed by atoms with Crippen LogP contribution in [0.4, 0.5) is 32.3 Å². The normalized spacial score (nSPS) is 15.0. The lowest BCUT2D eigenvalue weighted by Crippen LogP contribution is -2.33. The summed E-state index contributed by atoms with van der Waals surface area (Å²) in [6, 6.07) is 1.09. The zero-order valence-electron chi connectivity index (χ0n) is 15.3. The van der Waals surface area contributed by atoms with Gasteiger partial charge in [0.15, 0.2) is 0 Å². The minimum absolute atomic E-state index is 0.0168. The van der Waals surface area contributed by atoms with Gasteiger partial charge >= 0.3 is 12.4 Å². The fourth-order valence-electron chi connectivity index (χ4n) is 2.59. The first kappa shape index (κ1) is 21.9. The van der Waals surface area contributed by atoms with E-state index in [1.54, 1.807) is 0 Å². The minimum Gasteiger partial charge on any atom is -0.368 e. The highest BCUT2D eigenvalue weighted by atomic mass is 19.4. The van der Waals surface area contributed by atoms with Gasteiger partial charge < -0.3 is 11.5 Å². The molecule has 0 bridgehead atoms. The van der Waals surface area contributed by atoms with Gasteiger partial charge in [0.2, 0.25) is 5.95 Å². The minimum atomic E-state index is -5.00. The number of amidine groups is 1. The Balaban J connectivity index is 1.91. The van der Waals surface area contributed by atoms with E-state index in [2.05, 4.69) is 20.4 Å². The largest absolute Gasteiger partial charge is 0.416 e. The molecule has 1 amide bonds. The summed E-state index contributed by atoms with van der Waals surface area (Å²) in [6.07, 6.45) is -6.38. The summed E-state index contributed by atoms with van der Waals surface area (Å²) in [7, 11) is 0. The molecule has 1 aromatic carbocycles. The topological polar surface area (TPSA) is 123 Å². The predicted molar refractivity (Wildman–Crippen MR) is 96.4 cm³/mol. The lowest BCUT2D eigenvalue weighted by molar-refractivity contribution is -0.143. The molecular formula is C17H13F6N7O. The maximum atomic E-state index is 13.1. The number of nitrogens with two attached hydrogens (primary N) is 2. The van der Waals surface area contributed by atoms with E-state index in [0.717, 1.165) is 5.01 Å². The summed E-state index contributed by atoms with van der Waals surface area (Å²) >= 11 is 0. The number of carbonyl (C=O) groups is 1. The van der Waals surface area contributed by atoms with Crippen molar-refractivity contribution >= 4 is 23.3 Å². The number of halogens is 6. The lowest BCUT2D eigenvalue weighted by Gasteiger charge is -2.17. The first-order chi connectivity index (χ1) is 14.3. The van der Waals surface area contributed by atoms with E-state index in [-0.39, 0.29) is 35.7 Å². The molecule has 31 heavy (non-hydrogen) atoms. The van der Waals surface area contributed by atoms with E-state index < -0.39 is 35.0 Å². The highest BCUT2D eigenvalue weighted by Gasteiger charge is 2.37. The summed E-state index contributed by atoms with van der Waals surface area (Å²) in [5.74, 6) is -1.20. The van der Waals surface area contributed by atoms with Crippen molar-refractivity contribution in [2.24, 2.45) is 10.7 Å². The molecule has 0 aliphatic carbocycles. The van der Waals surface area contributed by atoms with E-state index in [1.807, 2.05) is 0 Å². The van der Waals surface area contributed by atoms with Gasteiger partial charge in [-0.2, -0.15) is 26.3 Å². The van der Waals surface area contributed by atoms with E-state index in [0.29, 0.717) is 12.1 Å². The first-order valence-corrected chi connectivity index (χ1v) is 8.31. The van der Waals surface area contributed by atoms with Gasteiger partial charge in [0.05, 0.1) is 16.7 Å². The first-order valence-electron chi connectivity index (χ1n) is 8.31. The van der Waals surface area contributed by atoms with Crippen LogP contribution in [0.25, 0.3) is 5.57 Å². The maximum absolute atomic E-state index is 13.1. The van der Waals surface area contributed by atoms with Crippen molar-refractivity contribution in [1.29, 1.82) is 0 Å². The van der Waals surface area contributed by atoms with Crippen LogP contribution in [0.1, 0.15) is 22.3 Å². The Hall–Kier alpha value is -3.84. The Labute approximate surface area is 170 Å². The quantitative estimate of drug-likeness (QED) is 0.490. The maximum Gasteiger partial charge on any atom is 0.416 e. The highest BCUT2D eigenvalue weighted by Crippen LogP contribution is 2.36. The third-order valence-corrected chi connectivity index (χ3v) is 4.03. The molecule has 8 nitrogen and oxygen atoms in total. The standard InChI is InChI=1S/C17H13F6N7O/c18-16(19,20)10-1-8(2-11(3-10)17(21,22)23)14-28-7-30(29-14)6-12(13(24)31)9-4-26-15(25)27-5-9/h1-6H,7H2,(H2,24,31)(H,28,29)(H2,25,26,27)/b12-6-. The molecule has 164 valence electrons. The SMILES string of the molecule is NC(=O)/C(=C\N1CN=C(c2cc(C(F)(F)F)cc(C(F)(F)F)c2)N1)c1cnc(N)nc1. The number of nitrogens with one attached hydrogen (secondary N) is 1. The summed E-state index contributed by atoms with van der Waals surface area (Å²) in [5.41, 5.74) is 9.94. The van der Waals surface area contributed by atoms with Crippen LogP contribution in [0.3, 0.4) is 0 Å². The Morgan fingerprint density at radius 1 is 1.03 bits per heavy atom. The molecule has 1 aliphatic rings. The molecule has 0 saturated carbocycles. The second kappa shape index (κ2) is 7.77. The van der Waals surface area contributed by atoms with Crippen molar-refractivity contribution in [1.82, 2.24) is 20.4 Å². The van der Waals surface area contributed by atoms with Crippen molar-refractivity contribution in [3.8, 4) is 0 Å². The zero-order chi connectivity index (χ0) is 23.0. The second-order valence-electron chi connectivity index (χ2n) is 6.26. The second-order valence-corrected chi connectivity index (χ2v) is 6.26. The van der Waals surface area contributed by atoms with Crippen LogP contribution < -0.4 is 16.9 Å². The predicted octanol–water partition coefficient (Wildman–Crippen LogP) is 2.15. The number of amides is 1. The molecule has 14 heteroatoms. The van der Waals surface area contributed by atoms with Gasteiger partial charge in [-0.1, -0.05) is 0 Å². The molecule has 2 aromatic rings. The zero-order valence-corrected chi connectivity index (χ0v) is 15.3. The van der Waals surface area contributed by atoms with Crippen LogP contribution >= 0.6 is 0 Å². The molecule has 2 heterocycles. The number of nitrogen functional groups attached to an aromatic ring is 1. The van der Waals surface area contributed by atoms with Crippen molar-refractivity contribution < 1.29 is 31.1 Å². The van der Waals surface area contributed by atoms with Crippen LogP contribution in [0.15, 0.2) is 41.8 Å². The summed E-state index contributed by atoms with van der Waals surface area (Å²) in [6.45, 7) is -0.223. The molecule has 1 aromatic heterocycles. The molecule has 0 radical (unpaired) electrons. The molecule has 1 aliphatic heterocycles. The third kappa shape index (κ3) is 5.02. The monoisotopic (exact) mass is 445 g/mol. The molecule has 5 N–H and O–H groups in total. The number of rotatable bonds is 4. The average Bonchev–Trinajstić information content (AvgIpc) is 3.14. The Morgan fingerprint density at radius 3 is 2.06 bits per heavy atom. The Morgan fingerprint density at radius 2 is 1.58 bits per heavy atom. The van der Waals surface area contributed by atoms with Crippen molar-refractivity contribution in [3.05, 3.63) is 59.0 Å². The molecule has 0 unspecified atom stereocenters. The van der Waals surface area contributed by atoms with Crippen LogP contribution in [-0.4, -0.2) is 33.4 Å². The Bertz CT molecular complexity index is 1030. The fraction of sp³-hybridized carbons (Fsp3) is 0.176. The number of hydrogen-bond acceptors (Lipinski definition) is 7. The Kier molecular flexibility index (Phi) is 5.48. The summed E-state index contributed by atoms with van der Waals surface area (Å²) in [4.78, 5) is 23.1. The van der Waals surface area contributed by atoms with Gasteiger partial charge in [0.25, 0.3) is 5.91 Å². The lowest BCUT2D eigenvalue weighted by atomic mass is 10.0. The van der Waals surface area contributed by atoms with E-state index in [9.17, 15) is 31.1 Å². The number of benzene rings is 1. The van der Waals surface area contributed by atoms with Crippen molar-refractivity contribution in [2.75, 3.05) is 12.4 Å². The van der Waals surface area contributed by atoms with Crippen LogP contribution in [0.2, 0.25) is 0 Å². The molecule has 0 fully saturated rings. The number of alkyl halides is 6. The number of aromatic nitrogens is 2. The van der Waals surface area contributed by atoms with Gasteiger partial charge in [0, 0.05) is 29.7 Å². The smallest absolute Gasteiger partial charge is 0.368 e. The number of hydrogen-bond donors (Lipinski definition) is 3. The highest BCUT2D eigenvalue weighted by molar-refractivity contribution is 6.18. The number of primary amides is 1. The van der Waals surface area contributed by atoms with Gasteiger partial charge in [-0.15, -0.1) is 0 Å². The number of anilines is 1. The van der Waals surface area contributed by atoms with Gasteiger partial charge in [-0.05, 0) is 18.2 Å². The molecule has 3 rings (SSSR count). The molecule has 0 atom stereocenters.